The van der Waals surface area contributed by atoms with E-state index in [0.29, 0.717) is 50.8 Å². The Labute approximate surface area is 278 Å². The Hall–Kier alpha value is -4.06. The average Bonchev–Trinajstić information content (AvgIpc) is 3.43. The van der Waals surface area contributed by atoms with Gasteiger partial charge in [0.25, 0.3) is 5.91 Å². The summed E-state index contributed by atoms with van der Waals surface area (Å²) in [6, 6.07) is 9.58. The lowest BCUT2D eigenvalue weighted by molar-refractivity contribution is -0.136. The Balaban J connectivity index is 1.75. The summed E-state index contributed by atoms with van der Waals surface area (Å²) in [5, 5.41) is 0. The number of unbranched alkanes of at least 4 members (excludes halogenated alkanes) is 1. The number of amides is 3. The van der Waals surface area contributed by atoms with Crippen LogP contribution in [0.1, 0.15) is 70.1 Å². The van der Waals surface area contributed by atoms with E-state index in [9.17, 15) is 14.4 Å². The molecule has 3 amide bonds. The van der Waals surface area contributed by atoms with E-state index in [1.807, 2.05) is 69.5 Å². The van der Waals surface area contributed by atoms with Gasteiger partial charge in [0.15, 0.2) is 5.69 Å². The van der Waals surface area contributed by atoms with Crippen LogP contribution in [0.3, 0.4) is 0 Å². The number of imidazole rings is 1. The van der Waals surface area contributed by atoms with Crippen molar-refractivity contribution >= 4 is 17.9 Å². The minimum absolute atomic E-state index is 0.107. The van der Waals surface area contributed by atoms with Gasteiger partial charge >= 0.3 is 12.1 Å². The predicted octanol–water partition coefficient (Wildman–Crippen LogP) is 4.90. The van der Waals surface area contributed by atoms with Crippen LogP contribution in [0.4, 0.5) is 4.79 Å². The number of methoxy groups -OCH3 is 2. The second-order valence-corrected chi connectivity index (χ2v) is 13.5. The maximum absolute atomic E-state index is 14.8. The molecule has 4 rings (SSSR count). The lowest BCUT2D eigenvalue weighted by Crippen LogP contribution is -2.58. The number of benzene rings is 1. The van der Waals surface area contributed by atoms with Crippen molar-refractivity contribution in [2.45, 2.75) is 71.9 Å². The van der Waals surface area contributed by atoms with E-state index in [4.69, 9.17) is 23.9 Å². The summed E-state index contributed by atoms with van der Waals surface area (Å²) in [5.41, 5.74) is 1.17. The molecule has 47 heavy (non-hydrogen) atoms. The predicted molar refractivity (Wildman–Crippen MR) is 177 cm³/mol. The zero-order valence-corrected chi connectivity index (χ0v) is 28.9. The summed E-state index contributed by atoms with van der Waals surface area (Å²) in [4.78, 5) is 51.8. The molecule has 1 unspecified atom stereocenters. The fourth-order valence-corrected chi connectivity index (χ4v) is 6.06. The number of para-hydroxylation sites is 1. The number of aromatic nitrogens is 2. The standard InChI is InChI=1S/C35H51N5O7/c1-25(2)22-39(28-21-26(31(41)37-16-19-46-20-17-37)23-38(24-28)34(43)47-35(3,4)5)32(42)30-29(15-11-12-18-44-6)40(33(36-30)45-7)27-13-9-8-10-14-27/h8-10,13-14,16,19,25-26,28H,11-12,15,17-18,20-24H2,1-7H3/t26-,28?/m1/s1. The van der Waals surface area contributed by atoms with Crippen LogP contribution in [-0.2, 0) is 25.4 Å². The van der Waals surface area contributed by atoms with Gasteiger partial charge in [-0.1, -0.05) is 32.0 Å². The fourth-order valence-electron chi connectivity index (χ4n) is 6.06. The summed E-state index contributed by atoms with van der Waals surface area (Å²) in [6.45, 7) is 11.8. The minimum Gasteiger partial charge on any atom is -0.498 e. The van der Waals surface area contributed by atoms with Crippen LogP contribution < -0.4 is 4.74 Å². The number of carbonyl (C=O) groups is 3. The first-order valence-corrected chi connectivity index (χ1v) is 16.5. The number of hydrogen-bond donors (Lipinski definition) is 0. The molecular formula is C35H51N5O7. The summed E-state index contributed by atoms with van der Waals surface area (Å²) in [7, 11) is 3.22. The highest BCUT2D eigenvalue weighted by atomic mass is 16.6. The summed E-state index contributed by atoms with van der Waals surface area (Å²) in [5.74, 6) is -0.817. The van der Waals surface area contributed by atoms with E-state index < -0.39 is 23.7 Å². The molecule has 0 radical (unpaired) electrons. The van der Waals surface area contributed by atoms with Crippen LogP contribution in [0.2, 0.25) is 0 Å². The molecule has 0 saturated carbocycles. The van der Waals surface area contributed by atoms with Crippen molar-refractivity contribution in [3.63, 3.8) is 0 Å². The molecule has 3 heterocycles. The smallest absolute Gasteiger partial charge is 0.410 e. The van der Waals surface area contributed by atoms with Crippen molar-refractivity contribution in [3.05, 3.63) is 54.2 Å². The van der Waals surface area contributed by atoms with E-state index >= 15 is 0 Å². The topological polar surface area (TPSA) is 116 Å². The summed E-state index contributed by atoms with van der Waals surface area (Å²) < 4.78 is 24.0. The molecule has 1 aromatic heterocycles. The van der Waals surface area contributed by atoms with E-state index in [1.54, 1.807) is 35.1 Å². The Morgan fingerprint density at radius 3 is 2.45 bits per heavy atom. The average molecular weight is 654 g/mol. The molecule has 258 valence electrons. The van der Waals surface area contributed by atoms with E-state index in [0.717, 1.165) is 24.2 Å². The molecule has 2 aliphatic heterocycles. The van der Waals surface area contributed by atoms with Crippen molar-refractivity contribution in [2.24, 2.45) is 11.8 Å². The van der Waals surface area contributed by atoms with E-state index in [2.05, 4.69) is 0 Å². The van der Waals surface area contributed by atoms with Gasteiger partial charge in [-0.2, -0.15) is 4.98 Å². The summed E-state index contributed by atoms with van der Waals surface area (Å²) >= 11 is 0. The van der Waals surface area contributed by atoms with Crippen LogP contribution >= 0.6 is 0 Å². The van der Waals surface area contributed by atoms with Gasteiger partial charge in [-0.05, 0) is 64.5 Å². The zero-order chi connectivity index (χ0) is 34.1. The minimum atomic E-state index is -0.720. The highest BCUT2D eigenvalue weighted by molar-refractivity contribution is 5.94. The molecule has 1 saturated heterocycles. The SMILES string of the molecule is COCCCCc1c(C(=O)N(CC(C)C)C2C[C@@H](C(=O)N3C=COCC3)CN(C(=O)OC(C)(C)C)C2)nc(OC)n1-c1ccccc1. The lowest BCUT2D eigenvalue weighted by atomic mass is 9.91. The second kappa shape index (κ2) is 16.2. The maximum Gasteiger partial charge on any atom is 0.410 e. The fraction of sp³-hybridized carbons (Fsp3) is 0.600. The molecular weight excluding hydrogens is 602 g/mol. The first kappa shape index (κ1) is 35.8. The van der Waals surface area contributed by atoms with E-state index in [-0.39, 0.29) is 30.8 Å². The van der Waals surface area contributed by atoms with Crippen LogP contribution in [0, 0.1) is 11.8 Å². The molecule has 1 fully saturated rings. The number of carbonyl (C=O) groups excluding carboxylic acids is 3. The summed E-state index contributed by atoms with van der Waals surface area (Å²) in [6.07, 6.45) is 5.18. The van der Waals surface area contributed by atoms with Gasteiger partial charge in [0.2, 0.25) is 5.91 Å². The number of nitrogens with zero attached hydrogens (tertiary/aromatic N) is 5. The number of ether oxygens (including phenoxy) is 4. The molecule has 1 aromatic carbocycles. The van der Waals surface area contributed by atoms with Gasteiger partial charge in [-0.3, -0.25) is 14.2 Å². The number of likely N-dealkylation sites (tertiary alicyclic amines) is 1. The second-order valence-electron chi connectivity index (χ2n) is 13.5. The maximum atomic E-state index is 14.8. The van der Waals surface area contributed by atoms with Crippen LogP contribution in [-0.4, -0.2) is 107 Å². The Bertz CT molecular complexity index is 1380. The third-order valence-corrected chi connectivity index (χ3v) is 8.12. The van der Waals surface area contributed by atoms with Crippen LogP contribution in [0.5, 0.6) is 6.01 Å². The number of rotatable bonds is 12. The van der Waals surface area contributed by atoms with Crippen molar-refractivity contribution < 1.29 is 33.3 Å². The van der Waals surface area contributed by atoms with Crippen molar-refractivity contribution in [2.75, 3.05) is 53.6 Å². The molecule has 0 spiro atoms. The lowest BCUT2D eigenvalue weighted by Gasteiger charge is -2.43. The zero-order valence-electron chi connectivity index (χ0n) is 28.9. The van der Waals surface area contributed by atoms with Gasteiger partial charge in [0.05, 0.1) is 43.3 Å². The highest BCUT2D eigenvalue weighted by Gasteiger charge is 2.42. The molecule has 12 heteroatoms. The van der Waals surface area contributed by atoms with Crippen LogP contribution in [0.15, 0.2) is 42.8 Å². The number of hydrogen-bond acceptors (Lipinski definition) is 8. The monoisotopic (exact) mass is 653 g/mol. The molecule has 12 nitrogen and oxygen atoms in total. The van der Waals surface area contributed by atoms with E-state index in [1.165, 1.54) is 6.26 Å². The van der Waals surface area contributed by atoms with Gasteiger partial charge in [0.1, 0.15) is 12.2 Å². The van der Waals surface area contributed by atoms with Crippen molar-refractivity contribution in [3.8, 4) is 11.7 Å². The molecule has 0 N–H and O–H groups in total. The quantitative estimate of drug-likeness (QED) is 0.297. The first-order valence-electron chi connectivity index (χ1n) is 16.5. The highest BCUT2D eigenvalue weighted by Crippen LogP contribution is 2.30. The van der Waals surface area contributed by atoms with Gasteiger partial charge in [0, 0.05) is 39.6 Å². The molecule has 0 aliphatic carbocycles. The normalized spacial score (nSPS) is 18.2. The van der Waals surface area contributed by atoms with Gasteiger partial charge in [-0.15, -0.1) is 0 Å². The Morgan fingerprint density at radius 1 is 1.09 bits per heavy atom. The van der Waals surface area contributed by atoms with Crippen molar-refractivity contribution in [1.29, 1.82) is 0 Å². The largest absolute Gasteiger partial charge is 0.498 e. The molecule has 2 aromatic rings. The Morgan fingerprint density at radius 2 is 1.83 bits per heavy atom. The van der Waals surface area contributed by atoms with Crippen LogP contribution in [0.25, 0.3) is 5.69 Å². The Kier molecular flexibility index (Phi) is 12.3. The number of piperidine rings is 1. The first-order chi connectivity index (χ1) is 22.4. The molecule has 2 atom stereocenters. The van der Waals surface area contributed by atoms with Gasteiger partial charge < -0.3 is 33.6 Å². The third-order valence-electron chi connectivity index (χ3n) is 8.12. The third kappa shape index (κ3) is 9.27. The van der Waals surface area contributed by atoms with Crippen molar-refractivity contribution in [1.82, 2.24) is 24.3 Å². The molecule has 2 aliphatic rings. The van der Waals surface area contributed by atoms with Gasteiger partial charge in [-0.25, -0.2) is 4.79 Å². The molecule has 0 bridgehead atoms.